The Kier molecular flexibility index (Phi) is 11.4. The quantitative estimate of drug-likeness (QED) is 0.259. The van der Waals surface area contributed by atoms with Crippen LogP contribution in [0.3, 0.4) is 0 Å². The first-order valence-corrected chi connectivity index (χ1v) is 7.66. The van der Waals surface area contributed by atoms with E-state index in [0.717, 1.165) is 32.3 Å². The summed E-state index contributed by atoms with van der Waals surface area (Å²) in [6.07, 6.45) is 6.65. The lowest BCUT2D eigenvalue weighted by atomic mass is 10.1. The molecular weight excluding hydrogens is 331 g/mol. The first-order chi connectivity index (χ1) is 8.11. The van der Waals surface area contributed by atoms with E-state index in [-0.39, 0.29) is 12.1 Å². The highest BCUT2D eigenvalue weighted by Crippen LogP contribution is 2.21. The molecule has 3 nitrogen and oxygen atoms in total. The third kappa shape index (κ3) is 9.83. The van der Waals surface area contributed by atoms with Crippen molar-refractivity contribution in [2.75, 3.05) is 13.7 Å². The summed E-state index contributed by atoms with van der Waals surface area (Å²) in [4.78, 5) is 11.1. The first-order valence-electron chi connectivity index (χ1n) is 6.42. The SMILES string of the molecule is CCCCC[C@@H](OC(C)=O)[C@H](I)CCCOC. The van der Waals surface area contributed by atoms with E-state index in [4.69, 9.17) is 9.47 Å². The van der Waals surface area contributed by atoms with E-state index in [1.165, 1.54) is 19.8 Å². The average Bonchev–Trinajstić information content (AvgIpc) is 2.27. The fourth-order valence-electron chi connectivity index (χ4n) is 1.73. The molecule has 4 heteroatoms. The van der Waals surface area contributed by atoms with Crippen LogP contribution in [-0.4, -0.2) is 29.7 Å². The number of alkyl halides is 1. The highest BCUT2D eigenvalue weighted by Gasteiger charge is 2.20. The Morgan fingerprint density at radius 3 is 2.47 bits per heavy atom. The Bertz CT molecular complexity index is 197. The summed E-state index contributed by atoms with van der Waals surface area (Å²) in [6.45, 7) is 4.45. The molecule has 17 heavy (non-hydrogen) atoms. The van der Waals surface area contributed by atoms with Gasteiger partial charge in [-0.25, -0.2) is 0 Å². The number of carbonyl (C=O) groups is 1. The largest absolute Gasteiger partial charge is 0.461 e. The molecule has 0 aliphatic heterocycles. The summed E-state index contributed by atoms with van der Waals surface area (Å²) >= 11 is 2.40. The number of carbonyl (C=O) groups excluding carboxylic acids is 1. The molecule has 0 aromatic rings. The maximum absolute atomic E-state index is 11.1. The molecule has 102 valence electrons. The maximum atomic E-state index is 11.1. The molecule has 0 amide bonds. The fourth-order valence-corrected chi connectivity index (χ4v) is 2.68. The minimum Gasteiger partial charge on any atom is -0.461 e. The number of methoxy groups -OCH3 is 1. The number of ether oxygens (including phenoxy) is 2. The van der Waals surface area contributed by atoms with Crippen LogP contribution in [0.4, 0.5) is 0 Å². The van der Waals surface area contributed by atoms with Gasteiger partial charge in [-0.05, 0) is 25.7 Å². The molecule has 0 aliphatic carbocycles. The van der Waals surface area contributed by atoms with Gasteiger partial charge in [0.2, 0.25) is 0 Å². The van der Waals surface area contributed by atoms with Crippen LogP contribution in [0.1, 0.15) is 52.4 Å². The molecule has 0 heterocycles. The van der Waals surface area contributed by atoms with Crippen LogP contribution in [-0.2, 0) is 14.3 Å². The van der Waals surface area contributed by atoms with Gasteiger partial charge in [0.15, 0.2) is 0 Å². The number of esters is 1. The van der Waals surface area contributed by atoms with Gasteiger partial charge in [-0.1, -0.05) is 42.4 Å². The van der Waals surface area contributed by atoms with Gasteiger partial charge >= 0.3 is 5.97 Å². The van der Waals surface area contributed by atoms with Crippen molar-refractivity contribution < 1.29 is 14.3 Å². The Balaban J connectivity index is 4.00. The summed E-state index contributed by atoms with van der Waals surface area (Å²) < 4.78 is 10.8. The molecule has 0 bridgehead atoms. The van der Waals surface area contributed by atoms with E-state index in [2.05, 4.69) is 29.5 Å². The van der Waals surface area contributed by atoms with Crippen LogP contribution in [0, 0.1) is 0 Å². The normalized spacial score (nSPS) is 14.4. The minimum atomic E-state index is -0.167. The van der Waals surface area contributed by atoms with Gasteiger partial charge in [0.25, 0.3) is 0 Å². The highest BCUT2D eigenvalue weighted by molar-refractivity contribution is 14.1. The maximum Gasteiger partial charge on any atom is 0.302 e. The molecule has 0 fully saturated rings. The smallest absolute Gasteiger partial charge is 0.302 e. The van der Waals surface area contributed by atoms with Crippen molar-refractivity contribution >= 4 is 28.6 Å². The molecule has 0 N–H and O–H groups in total. The number of unbranched alkanes of at least 4 members (excludes halogenated alkanes) is 2. The second-order valence-corrected chi connectivity index (χ2v) is 5.89. The zero-order valence-corrected chi connectivity index (χ0v) is 13.4. The van der Waals surface area contributed by atoms with Gasteiger partial charge in [-0.2, -0.15) is 0 Å². The van der Waals surface area contributed by atoms with Crippen molar-refractivity contribution in [3.63, 3.8) is 0 Å². The van der Waals surface area contributed by atoms with Crippen LogP contribution in [0.2, 0.25) is 0 Å². The Morgan fingerprint density at radius 1 is 1.24 bits per heavy atom. The lowest BCUT2D eigenvalue weighted by Crippen LogP contribution is -2.26. The van der Waals surface area contributed by atoms with E-state index in [1.807, 2.05) is 0 Å². The van der Waals surface area contributed by atoms with Crippen molar-refractivity contribution in [3.05, 3.63) is 0 Å². The number of rotatable bonds is 10. The van der Waals surface area contributed by atoms with Gasteiger partial charge in [0.1, 0.15) is 6.10 Å². The van der Waals surface area contributed by atoms with E-state index < -0.39 is 0 Å². The third-order valence-corrected chi connectivity index (χ3v) is 4.07. The fraction of sp³-hybridized carbons (Fsp3) is 0.923. The average molecular weight is 356 g/mol. The van der Waals surface area contributed by atoms with E-state index >= 15 is 0 Å². The summed E-state index contributed by atoms with van der Waals surface area (Å²) in [6, 6.07) is 0. The molecule has 0 aliphatic rings. The number of hydrogen-bond donors (Lipinski definition) is 0. The lowest BCUT2D eigenvalue weighted by Gasteiger charge is -2.22. The van der Waals surface area contributed by atoms with Crippen molar-refractivity contribution in [3.8, 4) is 0 Å². The van der Waals surface area contributed by atoms with Crippen LogP contribution >= 0.6 is 22.6 Å². The molecule has 0 aromatic heterocycles. The summed E-state index contributed by atoms with van der Waals surface area (Å²) in [5, 5.41) is 0. The highest BCUT2D eigenvalue weighted by atomic mass is 127. The van der Waals surface area contributed by atoms with Gasteiger partial charge in [0, 0.05) is 24.6 Å². The predicted molar refractivity (Wildman–Crippen MR) is 78.6 cm³/mol. The molecule has 2 atom stereocenters. The van der Waals surface area contributed by atoms with Gasteiger partial charge in [-0.3, -0.25) is 4.79 Å². The molecule has 0 aromatic carbocycles. The van der Waals surface area contributed by atoms with E-state index in [0.29, 0.717) is 3.92 Å². The van der Waals surface area contributed by atoms with Gasteiger partial charge < -0.3 is 9.47 Å². The third-order valence-electron chi connectivity index (χ3n) is 2.64. The van der Waals surface area contributed by atoms with Crippen LogP contribution in [0.15, 0.2) is 0 Å². The van der Waals surface area contributed by atoms with E-state index in [1.54, 1.807) is 7.11 Å². The second-order valence-electron chi connectivity index (χ2n) is 4.29. The van der Waals surface area contributed by atoms with Crippen molar-refractivity contribution in [1.82, 2.24) is 0 Å². The molecule has 0 spiro atoms. The lowest BCUT2D eigenvalue weighted by molar-refractivity contribution is -0.146. The molecule has 0 saturated carbocycles. The number of hydrogen-bond acceptors (Lipinski definition) is 3. The zero-order chi connectivity index (χ0) is 13.1. The standard InChI is InChI=1S/C13H25IO3/c1-4-5-6-9-13(17-11(2)15)12(14)8-7-10-16-3/h12-13H,4-10H2,1-3H3/t12-,13-/m1/s1. The molecule has 0 saturated heterocycles. The Morgan fingerprint density at radius 2 is 1.94 bits per heavy atom. The van der Waals surface area contributed by atoms with E-state index in [9.17, 15) is 4.79 Å². The molecular formula is C13H25IO3. The monoisotopic (exact) mass is 356 g/mol. The Hall–Kier alpha value is 0.160. The molecule has 0 rings (SSSR count). The van der Waals surface area contributed by atoms with Crippen LogP contribution < -0.4 is 0 Å². The second kappa shape index (κ2) is 11.3. The first kappa shape index (κ1) is 17.2. The topological polar surface area (TPSA) is 35.5 Å². The van der Waals surface area contributed by atoms with Gasteiger partial charge in [0.05, 0.1) is 0 Å². The Labute approximate surface area is 119 Å². The zero-order valence-electron chi connectivity index (χ0n) is 11.2. The summed E-state index contributed by atoms with van der Waals surface area (Å²) in [7, 11) is 1.72. The van der Waals surface area contributed by atoms with Crippen LogP contribution in [0.25, 0.3) is 0 Å². The van der Waals surface area contributed by atoms with Gasteiger partial charge in [-0.15, -0.1) is 0 Å². The molecule has 0 radical (unpaired) electrons. The minimum absolute atomic E-state index is 0.0662. The summed E-state index contributed by atoms with van der Waals surface area (Å²) in [5.41, 5.74) is 0. The predicted octanol–water partition coefficient (Wildman–Crippen LogP) is 3.73. The van der Waals surface area contributed by atoms with Crippen molar-refractivity contribution in [1.29, 1.82) is 0 Å². The number of halogens is 1. The molecule has 0 unspecified atom stereocenters. The summed E-state index contributed by atoms with van der Waals surface area (Å²) in [5.74, 6) is -0.167. The van der Waals surface area contributed by atoms with Crippen molar-refractivity contribution in [2.24, 2.45) is 0 Å². The van der Waals surface area contributed by atoms with Crippen molar-refractivity contribution in [2.45, 2.75) is 62.4 Å². The van der Waals surface area contributed by atoms with Crippen LogP contribution in [0.5, 0.6) is 0 Å².